The van der Waals surface area contributed by atoms with Gasteiger partial charge in [0.25, 0.3) is 0 Å². The summed E-state index contributed by atoms with van der Waals surface area (Å²) in [6.45, 7) is 0.553. The molecular formula is C7H9NO2S. The van der Waals surface area contributed by atoms with E-state index in [0.29, 0.717) is 6.54 Å². The Balaban J connectivity index is 2.86. The Bertz CT molecular complexity index is 252. The van der Waals surface area contributed by atoms with Gasteiger partial charge in [0.2, 0.25) is 0 Å². The Morgan fingerprint density at radius 1 is 1.27 bits per heavy atom. The van der Waals surface area contributed by atoms with E-state index in [1.807, 2.05) is 0 Å². The Labute approximate surface area is 70.2 Å². The first-order valence-electron chi connectivity index (χ1n) is 3.12. The maximum atomic E-state index is 9.02. The monoisotopic (exact) mass is 171 g/mol. The molecule has 0 saturated heterocycles. The van der Waals surface area contributed by atoms with Crippen molar-refractivity contribution in [2.45, 2.75) is 6.54 Å². The zero-order valence-electron chi connectivity index (χ0n) is 5.78. The highest BCUT2D eigenvalue weighted by molar-refractivity contribution is 7.78. The minimum absolute atomic E-state index is 0.104. The Morgan fingerprint density at radius 2 is 2.00 bits per heavy atom. The van der Waals surface area contributed by atoms with E-state index in [2.05, 4.69) is 17.5 Å². The molecule has 0 saturated carbocycles. The molecule has 0 amide bonds. The van der Waals surface area contributed by atoms with Gasteiger partial charge in [-0.15, -0.1) is 0 Å². The van der Waals surface area contributed by atoms with Crippen molar-refractivity contribution < 1.29 is 10.2 Å². The number of thiol groups is 1. The molecule has 60 valence electrons. The molecule has 1 rings (SSSR count). The summed E-state index contributed by atoms with van der Waals surface area (Å²) in [5.41, 5.74) is 0.871. The van der Waals surface area contributed by atoms with Crippen molar-refractivity contribution in [1.82, 2.24) is 4.72 Å². The van der Waals surface area contributed by atoms with Crippen LogP contribution in [0.15, 0.2) is 18.2 Å². The Morgan fingerprint density at radius 3 is 2.55 bits per heavy atom. The van der Waals surface area contributed by atoms with Crippen LogP contribution in [0.1, 0.15) is 5.56 Å². The lowest BCUT2D eigenvalue weighted by Crippen LogP contribution is -1.97. The quantitative estimate of drug-likeness (QED) is 0.397. The Hall–Kier alpha value is -0.870. The van der Waals surface area contributed by atoms with Gasteiger partial charge in [-0.05, 0) is 17.7 Å². The molecular weight excluding hydrogens is 162 g/mol. The number of phenolic OH excluding ortho intramolecular Hbond substituents is 2. The summed E-state index contributed by atoms with van der Waals surface area (Å²) in [6, 6.07) is 4.63. The van der Waals surface area contributed by atoms with Gasteiger partial charge in [0.15, 0.2) is 11.5 Å². The van der Waals surface area contributed by atoms with Crippen LogP contribution in [-0.4, -0.2) is 10.2 Å². The fraction of sp³-hybridized carbons (Fsp3) is 0.143. The largest absolute Gasteiger partial charge is 0.504 e. The third kappa shape index (κ3) is 2.03. The second kappa shape index (κ2) is 3.50. The van der Waals surface area contributed by atoms with E-state index in [1.54, 1.807) is 6.07 Å². The van der Waals surface area contributed by atoms with Crippen LogP contribution in [0.4, 0.5) is 0 Å². The Kier molecular flexibility index (Phi) is 2.62. The zero-order chi connectivity index (χ0) is 8.27. The van der Waals surface area contributed by atoms with Crippen LogP contribution in [-0.2, 0) is 6.54 Å². The molecule has 11 heavy (non-hydrogen) atoms. The molecule has 0 aliphatic heterocycles. The van der Waals surface area contributed by atoms with Crippen LogP contribution in [0.5, 0.6) is 11.5 Å². The van der Waals surface area contributed by atoms with Gasteiger partial charge < -0.3 is 10.2 Å². The van der Waals surface area contributed by atoms with Crippen LogP contribution >= 0.6 is 12.8 Å². The lowest BCUT2D eigenvalue weighted by atomic mass is 10.2. The molecule has 0 aliphatic carbocycles. The van der Waals surface area contributed by atoms with Crippen LogP contribution in [0.3, 0.4) is 0 Å². The van der Waals surface area contributed by atoms with E-state index in [9.17, 15) is 0 Å². The highest BCUT2D eigenvalue weighted by atomic mass is 32.1. The van der Waals surface area contributed by atoms with E-state index in [1.165, 1.54) is 12.1 Å². The smallest absolute Gasteiger partial charge is 0.157 e. The summed E-state index contributed by atoms with van der Waals surface area (Å²) in [5.74, 6) is -0.209. The van der Waals surface area contributed by atoms with E-state index < -0.39 is 0 Å². The maximum absolute atomic E-state index is 9.02. The SMILES string of the molecule is Oc1ccc(CNS)cc1O. The third-order valence-electron chi connectivity index (χ3n) is 1.32. The molecule has 0 unspecified atom stereocenters. The van der Waals surface area contributed by atoms with Crippen LogP contribution in [0.25, 0.3) is 0 Å². The summed E-state index contributed by atoms with van der Waals surface area (Å²) in [7, 11) is 0. The number of phenols is 2. The third-order valence-corrected chi connectivity index (χ3v) is 1.48. The standard InChI is InChI=1S/C7H9NO2S/c9-6-2-1-5(4-8-11)3-7(6)10/h1-3,8-11H,4H2. The normalized spacial score (nSPS) is 9.91. The molecule has 0 fully saturated rings. The predicted octanol–water partition coefficient (Wildman–Crippen LogP) is 1.03. The first-order chi connectivity index (χ1) is 5.24. The first kappa shape index (κ1) is 8.23. The van der Waals surface area contributed by atoms with Crippen molar-refractivity contribution in [3.8, 4) is 11.5 Å². The van der Waals surface area contributed by atoms with Crippen LogP contribution in [0.2, 0.25) is 0 Å². The number of hydrogen-bond acceptors (Lipinski definition) is 4. The molecule has 0 aromatic heterocycles. The summed E-state index contributed by atoms with van der Waals surface area (Å²) < 4.78 is 2.63. The van der Waals surface area contributed by atoms with Crippen molar-refractivity contribution in [3.05, 3.63) is 23.8 Å². The average Bonchev–Trinajstić information content (AvgIpc) is 1.98. The van der Waals surface area contributed by atoms with Crippen LogP contribution in [0, 0.1) is 0 Å². The van der Waals surface area contributed by atoms with Gasteiger partial charge in [-0.3, -0.25) is 4.72 Å². The fourth-order valence-electron chi connectivity index (χ4n) is 0.770. The van der Waals surface area contributed by atoms with E-state index in [-0.39, 0.29) is 11.5 Å². The number of benzene rings is 1. The van der Waals surface area contributed by atoms with E-state index in [0.717, 1.165) is 5.56 Å². The van der Waals surface area contributed by atoms with Gasteiger partial charge in [-0.1, -0.05) is 18.9 Å². The summed E-state index contributed by atoms with van der Waals surface area (Å²) in [6.07, 6.45) is 0. The van der Waals surface area contributed by atoms with Crippen molar-refractivity contribution in [2.75, 3.05) is 0 Å². The second-order valence-corrected chi connectivity index (χ2v) is 2.47. The van der Waals surface area contributed by atoms with E-state index >= 15 is 0 Å². The highest BCUT2D eigenvalue weighted by Gasteiger charge is 1.98. The molecule has 3 N–H and O–H groups in total. The minimum atomic E-state index is -0.105. The number of nitrogens with one attached hydrogen (secondary N) is 1. The molecule has 0 atom stereocenters. The van der Waals surface area contributed by atoms with Gasteiger partial charge in [-0.2, -0.15) is 0 Å². The summed E-state index contributed by atoms with van der Waals surface area (Å²) in [5, 5.41) is 17.9. The topological polar surface area (TPSA) is 52.5 Å². The molecule has 0 bridgehead atoms. The molecule has 1 aromatic rings. The molecule has 0 aliphatic rings. The highest BCUT2D eigenvalue weighted by Crippen LogP contribution is 2.24. The predicted molar refractivity (Wildman–Crippen MR) is 45.6 cm³/mol. The van der Waals surface area contributed by atoms with Crippen molar-refractivity contribution in [2.24, 2.45) is 0 Å². The molecule has 0 radical (unpaired) electrons. The number of rotatable bonds is 2. The lowest BCUT2D eigenvalue weighted by molar-refractivity contribution is 0.403. The number of aromatic hydroxyl groups is 2. The van der Waals surface area contributed by atoms with Gasteiger partial charge in [0, 0.05) is 6.54 Å². The average molecular weight is 171 g/mol. The van der Waals surface area contributed by atoms with Crippen molar-refractivity contribution in [3.63, 3.8) is 0 Å². The molecule has 0 heterocycles. The van der Waals surface area contributed by atoms with Crippen LogP contribution < -0.4 is 4.72 Å². The molecule has 4 heteroatoms. The fourth-order valence-corrected chi connectivity index (χ4v) is 0.953. The van der Waals surface area contributed by atoms with Gasteiger partial charge in [0.05, 0.1) is 0 Å². The summed E-state index contributed by atoms with van der Waals surface area (Å²) >= 11 is 3.80. The van der Waals surface area contributed by atoms with Gasteiger partial charge in [-0.25, -0.2) is 0 Å². The molecule has 3 nitrogen and oxygen atoms in total. The van der Waals surface area contributed by atoms with Crippen molar-refractivity contribution in [1.29, 1.82) is 0 Å². The van der Waals surface area contributed by atoms with Gasteiger partial charge >= 0.3 is 0 Å². The molecule has 1 aromatic carbocycles. The zero-order valence-corrected chi connectivity index (χ0v) is 6.68. The maximum Gasteiger partial charge on any atom is 0.157 e. The minimum Gasteiger partial charge on any atom is -0.504 e. The van der Waals surface area contributed by atoms with Crippen molar-refractivity contribution >= 4 is 12.8 Å². The number of hydrogen-bond donors (Lipinski definition) is 4. The lowest BCUT2D eigenvalue weighted by Gasteiger charge is -2.01. The van der Waals surface area contributed by atoms with E-state index in [4.69, 9.17) is 10.2 Å². The second-order valence-electron chi connectivity index (χ2n) is 2.16. The van der Waals surface area contributed by atoms with Gasteiger partial charge in [0.1, 0.15) is 0 Å². The molecule has 0 spiro atoms. The summed E-state index contributed by atoms with van der Waals surface area (Å²) in [4.78, 5) is 0. The first-order valence-corrected chi connectivity index (χ1v) is 3.56.